The first-order valence-corrected chi connectivity index (χ1v) is 6.77. The summed E-state index contributed by atoms with van der Waals surface area (Å²) in [5.74, 6) is 0.0387. The molecule has 1 aliphatic rings. The summed E-state index contributed by atoms with van der Waals surface area (Å²) in [6.45, 7) is 5.93. The van der Waals surface area contributed by atoms with E-state index in [0.29, 0.717) is 5.02 Å². The van der Waals surface area contributed by atoms with Crippen molar-refractivity contribution in [2.75, 3.05) is 18.4 Å². The van der Waals surface area contributed by atoms with Crippen LogP contribution in [0.4, 0.5) is 5.69 Å². The van der Waals surface area contributed by atoms with E-state index in [1.165, 1.54) is 12.8 Å². The molecule has 1 N–H and O–H groups in total. The summed E-state index contributed by atoms with van der Waals surface area (Å²) in [5, 5.41) is 3.60. The number of hydrogen-bond acceptors (Lipinski definition) is 2. The molecule has 0 aromatic heterocycles. The molecule has 2 rings (SSSR count). The monoisotopic (exact) mass is 302 g/mol. The average Bonchev–Trinajstić information content (AvgIpc) is 2.86. The second-order valence-electron chi connectivity index (χ2n) is 4.87. The fraction of sp³-hybridized carbons (Fsp3) is 0.500. The quantitative estimate of drug-likeness (QED) is 0.927. The summed E-state index contributed by atoms with van der Waals surface area (Å²) in [4.78, 5) is 14.3. The molecule has 0 aliphatic carbocycles. The molecule has 0 bridgehead atoms. The Bertz CT molecular complexity index is 445. The van der Waals surface area contributed by atoms with Crippen LogP contribution in [0.2, 0.25) is 5.02 Å². The molecule has 1 aromatic carbocycles. The number of carbonyl (C=O) groups is 1. The van der Waals surface area contributed by atoms with Gasteiger partial charge in [0.15, 0.2) is 0 Å². The number of rotatable bonds is 3. The zero-order chi connectivity index (χ0) is 13.1. The van der Waals surface area contributed by atoms with Gasteiger partial charge in [-0.2, -0.15) is 0 Å². The molecule has 0 radical (unpaired) electrons. The molecule has 1 unspecified atom stereocenters. The molecule has 1 heterocycles. The van der Waals surface area contributed by atoms with Gasteiger partial charge in [0.2, 0.25) is 5.91 Å². The molecule has 19 heavy (non-hydrogen) atoms. The fourth-order valence-electron chi connectivity index (χ4n) is 2.21. The lowest BCUT2D eigenvalue weighted by atomic mass is 10.2. The van der Waals surface area contributed by atoms with E-state index in [1.54, 1.807) is 6.07 Å². The Hall–Kier alpha value is -0.770. The maximum Gasteiger partial charge on any atom is 0.241 e. The van der Waals surface area contributed by atoms with Gasteiger partial charge < -0.3 is 5.32 Å². The second kappa shape index (κ2) is 7.13. The molecule has 1 saturated heterocycles. The van der Waals surface area contributed by atoms with Gasteiger partial charge in [0.25, 0.3) is 0 Å². The zero-order valence-electron chi connectivity index (χ0n) is 11.3. The normalized spacial score (nSPS) is 16.8. The Morgan fingerprint density at radius 1 is 1.37 bits per heavy atom. The minimum absolute atomic E-state index is 0. The van der Waals surface area contributed by atoms with Crippen LogP contribution in [0.5, 0.6) is 0 Å². The van der Waals surface area contributed by atoms with Crippen molar-refractivity contribution in [3.63, 3.8) is 0 Å². The summed E-state index contributed by atoms with van der Waals surface area (Å²) in [7, 11) is 0. The molecule has 0 saturated carbocycles. The van der Waals surface area contributed by atoms with Crippen molar-refractivity contribution in [2.45, 2.75) is 32.7 Å². The molecule has 1 aliphatic heterocycles. The number of benzene rings is 1. The summed E-state index contributed by atoms with van der Waals surface area (Å²) in [6, 6.07) is 5.52. The number of halogens is 2. The maximum atomic E-state index is 12.1. The lowest BCUT2D eigenvalue weighted by molar-refractivity contribution is -0.120. The Labute approximate surface area is 125 Å². The van der Waals surface area contributed by atoms with Crippen molar-refractivity contribution in [2.24, 2.45) is 0 Å². The highest BCUT2D eigenvalue weighted by Gasteiger charge is 2.23. The van der Waals surface area contributed by atoms with Gasteiger partial charge in [-0.25, -0.2) is 0 Å². The molecule has 106 valence electrons. The molecular formula is C14H20Cl2N2O. The van der Waals surface area contributed by atoms with E-state index < -0.39 is 0 Å². The molecular weight excluding hydrogens is 283 g/mol. The Morgan fingerprint density at radius 3 is 2.58 bits per heavy atom. The van der Waals surface area contributed by atoms with E-state index in [0.717, 1.165) is 24.3 Å². The number of nitrogens with zero attached hydrogens (tertiary/aromatic N) is 1. The van der Waals surface area contributed by atoms with Crippen molar-refractivity contribution < 1.29 is 4.79 Å². The fourth-order valence-corrected chi connectivity index (χ4v) is 2.39. The standard InChI is InChI=1S/C14H19ClN2O.ClH/c1-10-5-6-12(9-13(10)15)16-14(18)11(2)17-7-3-4-8-17;/h5-6,9,11H,3-4,7-8H2,1-2H3,(H,16,18);1H. The van der Waals surface area contributed by atoms with Crippen molar-refractivity contribution in [1.82, 2.24) is 4.90 Å². The first-order valence-electron chi connectivity index (χ1n) is 6.39. The summed E-state index contributed by atoms with van der Waals surface area (Å²) < 4.78 is 0. The Kier molecular flexibility index (Phi) is 6.11. The minimum Gasteiger partial charge on any atom is -0.325 e. The number of amides is 1. The van der Waals surface area contributed by atoms with Crippen LogP contribution in [0.15, 0.2) is 18.2 Å². The number of anilines is 1. The number of carbonyl (C=O) groups excluding carboxylic acids is 1. The van der Waals surface area contributed by atoms with Crippen LogP contribution >= 0.6 is 24.0 Å². The number of nitrogens with one attached hydrogen (secondary N) is 1. The van der Waals surface area contributed by atoms with E-state index in [2.05, 4.69) is 10.2 Å². The zero-order valence-corrected chi connectivity index (χ0v) is 12.9. The minimum atomic E-state index is -0.0763. The van der Waals surface area contributed by atoms with Crippen molar-refractivity contribution in [1.29, 1.82) is 0 Å². The maximum absolute atomic E-state index is 12.1. The van der Waals surface area contributed by atoms with Crippen molar-refractivity contribution >= 4 is 35.6 Å². The van der Waals surface area contributed by atoms with E-state index in [1.807, 2.05) is 26.0 Å². The van der Waals surface area contributed by atoms with Crippen LogP contribution in [0.1, 0.15) is 25.3 Å². The van der Waals surface area contributed by atoms with E-state index >= 15 is 0 Å². The second-order valence-corrected chi connectivity index (χ2v) is 5.28. The number of aryl methyl sites for hydroxylation is 1. The lowest BCUT2D eigenvalue weighted by Gasteiger charge is -2.22. The summed E-state index contributed by atoms with van der Waals surface area (Å²) in [5.41, 5.74) is 1.78. The van der Waals surface area contributed by atoms with Crippen LogP contribution in [-0.4, -0.2) is 29.9 Å². The average molecular weight is 303 g/mol. The van der Waals surface area contributed by atoms with E-state index in [9.17, 15) is 4.79 Å². The highest BCUT2D eigenvalue weighted by molar-refractivity contribution is 6.31. The van der Waals surface area contributed by atoms with Gasteiger partial charge in [0.05, 0.1) is 6.04 Å². The van der Waals surface area contributed by atoms with E-state index in [4.69, 9.17) is 11.6 Å². The van der Waals surface area contributed by atoms with Gasteiger partial charge in [0.1, 0.15) is 0 Å². The number of hydrogen-bond donors (Lipinski definition) is 1. The van der Waals surface area contributed by atoms with Gasteiger partial charge in [-0.1, -0.05) is 17.7 Å². The van der Waals surface area contributed by atoms with Crippen LogP contribution in [0, 0.1) is 6.92 Å². The SMILES string of the molecule is Cc1ccc(NC(=O)C(C)N2CCCC2)cc1Cl.Cl. The largest absolute Gasteiger partial charge is 0.325 e. The van der Waals surface area contributed by atoms with Crippen LogP contribution in [-0.2, 0) is 4.79 Å². The van der Waals surface area contributed by atoms with Gasteiger partial charge in [-0.05, 0) is 57.5 Å². The first kappa shape index (κ1) is 16.3. The first-order chi connectivity index (χ1) is 8.58. The smallest absolute Gasteiger partial charge is 0.241 e. The third-order valence-electron chi connectivity index (χ3n) is 3.51. The lowest BCUT2D eigenvalue weighted by Crippen LogP contribution is -2.40. The molecule has 1 atom stereocenters. The molecule has 1 amide bonds. The highest BCUT2D eigenvalue weighted by atomic mass is 35.5. The van der Waals surface area contributed by atoms with Gasteiger partial charge in [-0.15, -0.1) is 12.4 Å². The van der Waals surface area contributed by atoms with Gasteiger partial charge >= 0.3 is 0 Å². The van der Waals surface area contributed by atoms with Crippen LogP contribution in [0.25, 0.3) is 0 Å². The van der Waals surface area contributed by atoms with Crippen LogP contribution in [0.3, 0.4) is 0 Å². The predicted molar refractivity (Wildman–Crippen MR) is 82.3 cm³/mol. The van der Waals surface area contributed by atoms with Gasteiger partial charge in [-0.3, -0.25) is 9.69 Å². The topological polar surface area (TPSA) is 32.3 Å². The van der Waals surface area contributed by atoms with E-state index in [-0.39, 0.29) is 24.4 Å². The third kappa shape index (κ3) is 4.10. The van der Waals surface area contributed by atoms with Crippen molar-refractivity contribution in [3.8, 4) is 0 Å². The summed E-state index contributed by atoms with van der Waals surface area (Å²) >= 11 is 6.04. The Balaban J connectivity index is 0.00000180. The highest BCUT2D eigenvalue weighted by Crippen LogP contribution is 2.20. The third-order valence-corrected chi connectivity index (χ3v) is 3.91. The molecule has 5 heteroatoms. The Morgan fingerprint density at radius 2 is 2.00 bits per heavy atom. The summed E-state index contributed by atoms with van der Waals surface area (Å²) in [6.07, 6.45) is 2.38. The predicted octanol–water partition coefficient (Wildman–Crippen LogP) is 3.49. The molecule has 3 nitrogen and oxygen atoms in total. The van der Waals surface area contributed by atoms with Gasteiger partial charge in [0, 0.05) is 10.7 Å². The van der Waals surface area contributed by atoms with Crippen molar-refractivity contribution in [3.05, 3.63) is 28.8 Å². The molecule has 1 fully saturated rings. The molecule has 0 spiro atoms. The molecule has 1 aromatic rings. The number of likely N-dealkylation sites (tertiary alicyclic amines) is 1. The van der Waals surface area contributed by atoms with Crippen LogP contribution < -0.4 is 5.32 Å².